The largest absolute Gasteiger partial charge is 0.416 e. The van der Waals surface area contributed by atoms with Crippen molar-refractivity contribution in [2.45, 2.75) is 25.6 Å². The first kappa shape index (κ1) is 18.8. The molecule has 0 radical (unpaired) electrons. The lowest BCUT2D eigenvalue weighted by Gasteiger charge is -2.15. The van der Waals surface area contributed by atoms with Gasteiger partial charge in [-0.2, -0.15) is 13.2 Å². The van der Waals surface area contributed by atoms with Crippen molar-refractivity contribution in [3.05, 3.63) is 59.7 Å². The predicted molar refractivity (Wildman–Crippen MR) is 91.8 cm³/mol. The Morgan fingerprint density at radius 3 is 2.56 bits per heavy atom. The van der Waals surface area contributed by atoms with Crippen LogP contribution in [0.4, 0.5) is 24.5 Å². The van der Waals surface area contributed by atoms with Gasteiger partial charge in [-0.15, -0.1) is 0 Å². The van der Waals surface area contributed by atoms with Gasteiger partial charge in [0.25, 0.3) is 5.91 Å². The number of benzene rings is 2. The number of carbonyl (C=O) groups is 1. The van der Waals surface area contributed by atoms with E-state index in [1.54, 1.807) is 24.3 Å². The first-order valence-electron chi connectivity index (χ1n) is 7.88. The van der Waals surface area contributed by atoms with Crippen LogP contribution in [0.25, 0.3) is 0 Å². The number of hydrogen-bond donors (Lipinski definition) is 3. The van der Waals surface area contributed by atoms with Gasteiger partial charge in [0.05, 0.1) is 16.8 Å². The standard InChI is InChI=1S/C18H20F3N3O/c1-2-13(22)11-23-17(25)15-8-3-4-9-16(15)24-14-7-5-6-12(10-14)18(19,20)21/h3-10,13,24H,2,11,22H2,1H3,(H,23,25). The van der Waals surface area contributed by atoms with Crippen LogP contribution in [-0.2, 0) is 6.18 Å². The summed E-state index contributed by atoms with van der Waals surface area (Å²) in [6.45, 7) is 2.24. The molecule has 0 fully saturated rings. The van der Waals surface area contributed by atoms with E-state index < -0.39 is 11.7 Å². The van der Waals surface area contributed by atoms with Crippen molar-refractivity contribution < 1.29 is 18.0 Å². The number of para-hydroxylation sites is 1. The highest BCUT2D eigenvalue weighted by atomic mass is 19.4. The Hall–Kier alpha value is -2.54. The zero-order chi connectivity index (χ0) is 18.4. The van der Waals surface area contributed by atoms with E-state index in [4.69, 9.17) is 5.73 Å². The summed E-state index contributed by atoms with van der Waals surface area (Å²) in [7, 11) is 0. The topological polar surface area (TPSA) is 67.1 Å². The second-order valence-electron chi connectivity index (χ2n) is 5.63. The summed E-state index contributed by atoms with van der Waals surface area (Å²) in [4.78, 5) is 12.3. The molecule has 0 saturated heterocycles. The molecule has 134 valence electrons. The van der Waals surface area contributed by atoms with Gasteiger partial charge in [-0.1, -0.05) is 25.1 Å². The molecule has 4 nitrogen and oxygen atoms in total. The van der Waals surface area contributed by atoms with E-state index in [1.165, 1.54) is 12.1 Å². The van der Waals surface area contributed by atoms with E-state index in [0.717, 1.165) is 18.6 Å². The van der Waals surface area contributed by atoms with E-state index in [2.05, 4.69) is 10.6 Å². The van der Waals surface area contributed by atoms with Crippen LogP contribution in [-0.4, -0.2) is 18.5 Å². The van der Waals surface area contributed by atoms with Crippen LogP contribution in [0.3, 0.4) is 0 Å². The van der Waals surface area contributed by atoms with Gasteiger partial charge in [0.15, 0.2) is 0 Å². The first-order valence-corrected chi connectivity index (χ1v) is 7.88. The maximum atomic E-state index is 12.8. The van der Waals surface area contributed by atoms with Crippen molar-refractivity contribution in [3.8, 4) is 0 Å². The number of amides is 1. The third kappa shape index (κ3) is 5.22. The number of nitrogens with two attached hydrogens (primary N) is 1. The number of carbonyl (C=O) groups excluding carboxylic acids is 1. The fraction of sp³-hybridized carbons (Fsp3) is 0.278. The molecule has 0 heterocycles. The Balaban J connectivity index is 2.20. The molecule has 0 saturated carbocycles. The van der Waals surface area contributed by atoms with E-state index >= 15 is 0 Å². The lowest BCUT2D eigenvalue weighted by atomic mass is 10.1. The van der Waals surface area contributed by atoms with Gasteiger partial charge in [-0.25, -0.2) is 0 Å². The molecule has 4 N–H and O–H groups in total. The molecule has 0 spiro atoms. The molecular formula is C18H20F3N3O. The Bertz CT molecular complexity index is 732. The van der Waals surface area contributed by atoms with E-state index in [0.29, 0.717) is 17.8 Å². The fourth-order valence-corrected chi connectivity index (χ4v) is 2.18. The molecule has 0 aromatic heterocycles. The molecule has 1 atom stereocenters. The third-order valence-electron chi connectivity index (χ3n) is 3.69. The van der Waals surface area contributed by atoms with Crippen LogP contribution in [0, 0.1) is 0 Å². The second kappa shape index (κ2) is 8.02. The average Bonchev–Trinajstić information content (AvgIpc) is 2.59. The van der Waals surface area contributed by atoms with Crippen molar-refractivity contribution in [2.24, 2.45) is 5.73 Å². The lowest BCUT2D eigenvalue weighted by molar-refractivity contribution is -0.137. The SMILES string of the molecule is CCC(N)CNC(=O)c1ccccc1Nc1cccc(C(F)(F)F)c1. The predicted octanol–water partition coefficient (Wildman–Crippen LogP) is 3.92. The average molecular weight is 351 g/mol. The molecule has 0 bridgehead atoms. The molecule has 25 heavy (non-hydrogen) atoms. The smallest absolute Gasteiger partial charge is 0.355 e. The fourth-order valence-electron chi connectivity index (χ4n) is 2.18. The summed E-state index contributed by atoms with van der Waals surface area (Å²) < 4.78 is 38.5. The minimum absolute atomic E-state index is 0.146. The third-order valence-corrected chi connectivity index (χ3v) is 3.69. The maximum absolute atomic E-state index is 12.8. The van der Waals surface area contributed by atoms with E-state index in [-0.39, 0.29) is 17.6 Å². The van der Waals surface area contributed by atoms with Crippen LogP contribution in [0.15, 0.2) is 48.5 Å². The minimum Gasteiger partial charge on any atom is -0.355 e. The van der Waals surface area contributed by atoms with Crippen LogP contribution in [0.1, 0.15) is 29.3 Å². The zero-order valence-electron chi connectivity index (χ0n) is 13.7. The number of rotatable bonds is 6. The highest BCUT2D eigenvalue weighted by molar-refractivity contribution is 6.00. The summed E-state index contributed by atoms with van der Waals surface area (Å²) in [6, 6.07) is 11.3. The van der Waals surface area contributed by atoms with Crippen LogP contribution < -0.4 is 16.4 Å². The van der Waals surface area contributed by atoms with Gasteiger partial charge in [-0.3, -0.25) is 4.79 Å². The number of anilines is 2. The van der Waals surface area contributed by atoms with E-state index in [9.17, 15) is 18.0 Å². The molecule has 1 amide bonds. The minimum atomic E-state index is -4.43. The van der Waals surface area contributed by atoms with Crippen molar-refractivity contribution in [1.82, 2.24) is 5.32 Å². The van der Waals surface area contributed by atoms with Crippen molar-refractivity contribution in [3.63, 3.8) is 0 Å². The molecule has 2 aromatic carbocycles. The molecule has 2 rings (SSSR count). The van der Waals surface area contributed by atoms with Gasteiger partial charge in [-0.05, 0) is 36.8 Å². The first-order chi connectivity index (χ1) is 11.8. The summed E-state index contributed by atoms with van der Waals surface area (Å²) in [6.07, 6.45) is -3.70. The Morgan fingerprint density at radius 1 is 1.16 bits per heavy atom. The summed E-state index contributed by atoms with van der Waals surface area (Å²) >= 11 is 0. The molecule has 0 aliphatic rings. The molecule has 0 aliphatic carbocycles. The Labute approximate surface area is 144 Å². The summed E-state index contributed by atoms with van der Waals surface area (Å²) in [5.74, 6) is -0.334. The van der Waals surface area contributed by atoms with E-state index in [1.807, 2.05) is 6.92 Å². The van der Waals surface area contributed by atoms with Crippen molar-refractivity contribution in [1.29, 1.82) is 0 Å². The molecule has 2 aromatic rings. The van der Waals surface area contributed by atoms with Gasteiger partial charge in [0.2, 0.25) is 0 Å². The molecule has 7 heteroatoms. The van der Waals surface area contributed by atoms with Crippen LogP contribution in [0.5, 0.6) is 0 Å². The van der Waals surface area contributed by atoms with Crippen LogP contribution >= 0.6 is 0 Å². The van der Waals surface area contributed by atoms with Crippen molar-refractivity contribution in [2.75, 3.05) is 11.9 Å². The van der Waals surface area contributed by atoms with Crippen LogP contribution in [0.2, 0.25) is 0 Å². The Morgan fingerprint density at radius 2 is 1.88 bits per heavy atom. The van der Waals surface area contributed by atoms with Gasteiger partial charge in [0, 0.05) is 18.3 Å². The number of nitrogens with one attached hydrogen (secondary N) is 2. The summed E-state index contributed by atoms with van der Waals surface area (Å²) in [5.41, 5.74) is 6.03. The summed E-state index contributed by atoms with van der Waals surface area (Å²) in [5, 5.41) is 5.60. The van der Waals surface area contributed by atoms with Crippen molar-refractivity contribution >= 4 is 17.3 Å². The highest BCUT2D eigenvalue weighted by Gasteiger charge is 2.30. The van der Waals surface area contributed by atoms with Gasteiger partial charge >= 0.3 is 6.18 Å². The second-order valence-corrected chi connectivity index (χ2v) is 5.63. The Kier molecular flexibility index (Phi) is 6.03. The zero-order valence-corrected chi connectivity index (χ0v) is 13.7. The monoisotopic (exact) mass is 351 g/mol. The normalized spacial score (nSPS) is 12.5. The number of hydrogen-bond acceptors (Lipinski definition) is 3. The lowest BCUT2D eigenvalue weighted by Crippen LogP contribution is -2.36. The molecular weight excluding hydrogens is 331 g/mol. The van der Waals surface area contributed by atoms with Gasteiger partial charge < -0.3 is 16.4 Å². The highest BCUT2D eigenvalue weighted by Crippen LogP contribution is 2.31. The maximum Gasteiger partial charge on any atom is 0.416 e. The van der Waals surface area contributed by atoms with Gasteiger partial charge in [0.1, 0.15) is 0 Å². The molecule has 0 aliphatic heterocycles. The number of alkyl halides is 3. The molecule has 1 unspecified atom stereocenters. The number of halogens is 3. The quantitative estimate of drug-likeness (QED) is 0.739.